The molecule has 2 aromatic carbocycles. The van der Waals surface area contributed by atoms with E-state index in [0.717, 1.165) is 3.57 Å². The molecule has 8 heteroatoms. The van der Waals surface area contributed by atoms with Crippen LogP contribution in [0.15, 0.2) is 48.5 Å². The molecule has 0 radical (unpaired) electrons. The van der Waals surface area contributed by atoms with E-state index in [0.29, 0.717) is 16.3 Å². The zero-order valence-corrected chi connectivity index (χ0v) is 15.7. The van der Waals surface area contributed by atoms with Crippen LogP contribution in [0.25, 0.3) is 0 Å². The van der Waals surface area contributed by atoms with E-state index in [-0.39, 0.29) is 12.3 Å². The molecule has 0 fully saturated rings. The smallest absolute Gasteiger partial charge is 0.239 e. The number of hydrogen-bond donors (Lipinski definition) is 2. The van der Waals surface area contributed by atoms with E-state index in [1.54, 1.807) is 36.4 Å². The van der Waals surface area contributed by atoms with Crippen molar-refractivity contribution in [3.05, 3.63) is 62.7 Å². The third-order valence-corrected chi connectivity index (χ3v) is 5.12. The molecule has 0 atom stereocenters. The van der Waals surface area contributed by atoms with E-state index in [9.17, 15) is 13.2 Å². The summed E-state index contributed by atoms with van der Waals surface area (Å²) in [4.78, 5) is 11.8. The fraction of sp³-hybridized carbons (Fsp3) is 0.133. The van der Waals surface area contributed by atoms with Gasteiger partial charge in [-0.25, -0.2) is 13.1 Å². The van der Waals surface area contributed by atoms with Gasteiger partial charge in [-0.3, -0.25) is 4.79 Å². The fourth-order valence-corrected chi connectivity index (χ4v) is 3.33. The molecule has 122 valence electrons. The molecule has 2 rings (SSSR count). The van der Waals surface area contributed by atoms with Crippen molar-refractivity contribution in [1.29, 1.82) is 0 Å². The Morgan fingerprint density at radius 3 is 2.26 bits per heavy atom. The number of carbonyl (C=O) groups excluding carboxylic acids is 1. The maximum absolute atomic E-state index is 12.0. The molecule has 2 N–H and O–H groups in total. The highest BCUT2D eigenvalue weighted by Gasteiger charge is 2.13. The Bertz CT molecular complexity index is 777. The number of nitrogens with one attached hydrogen (secondary N) is 2. The van der Waals surface area contributed by atoms with Gasteiger partial charge in [-0.1, -0.05) is 23.7 Å². The number of anilines is 1. The van der Waals surface area contributed by atoms with Gasteiger partial charge in [0, 0.05) is 14.3 Å². The molecular formula is C15H14ClIN2O3S. The van der Waals surface area contributed by atoms with Gasteiger partial charge in [-0.05, 0) is 64.6 Å². The van der Waals surface area contributed by atoms with Gasteiger partial charge < -0.3 is 5.32 Å². The van der Waals surface area contributed by atoms with Crippen LogP contribution < -0.4 is 10.0 Å². The van der Waals surface area contributed by atoms with Crippen LogP contribution in [0, 0.1) is 3.57 Å². The molecule has 0 aliphatic rings. The van der Waals surface area contributed by atoms with Gasteiger partial charge in [0.25, 0.3) is 0 Å². The predicted octanol–water partition coefficient (Wildman–Crippen LogP) is 3.00. The van der Waals surface area contributed by atoms with Crippen molar-refractivity contribution < 1.29 is 13.2 Å². The fourth-order valence-electron chi connectivity index (χ4n) is 1.76. The van der Waals surface area contributed by atoms with Crippen LogP contribution in [0.2, 0.25) is 5.02 Å². The number of amides is 1. The molecule has 0 heterocycles. The summed E-state index contributed by atoms with van der Waals surface area (Å²) >= 11 is 7.91. The SMILES string of the molecule is O=C(CNS(=O)(=O)Cc1ccc(Cl)cc1)Nc1ccc(I)cc1. The van der Waals surface area contributed by atoms with E-state index in [4.69, 9.17) is 11.6 Å². The standard InChI is InChI=1S/C15H14ClIN2O3S/c16-12-3-1-11(2-4-12)10-23(21,22)18-9-15(20)19-14-7-5-13(17)6-8-14/h1-8,18H,9-10H2,(H,19,20). The van der Waals surface area contributed by atoms with Gasteiger partial charge in [-0.2, -0.15) is 0 Å². The van der Waals surface area contributed by atoms with Crippen LogP contribution in [0.4, 0.5) is 5.69 Å². The second-order valence-corrected chi connectivity index (χ2v) is 8.25. The lowest BCUT2D eigenvalue weighted by Gasteiger charge is -2.08. The lowest BCUT2D eigenvalue weighted by Crippen LogP contribution is -2.33. The monoisotopic (exact) mass is 464 g/mol. The third kappa shape index (κ3) is 6.46. The van der Waals surface area contributed by atoms with Crippen molar-refractivity contribution >= 4 is 55.8 Å². The summed E-state index contributed by atoms with van der Waals surface area (Å²) in [6, 6.07) is 13.7. The number of carbonyl (C=O) groups is 1. The second-order valence-electron chi connectivity index (χ2n) is 4.76. The summed E-state index contributed by atoms with van der Waals surface area (Å²) in [5.41, 5.74) is 1.22. The van der Waals surface area contributed by atoms with Crippen LogP contribution in [0.5, 0.6) is 0 Å². The minimum absolute atomic E-state index is 0.207. The molecule has 0 spiro atoms. The Morgan fingerprint density at radius 2 is 1.65 bits per heavy atom. The van der Waals surface area contributed by atoms with Crippen LogP contribution in [-0.4, -0.2) is 20.9 Å². The van der Waals surface area contributed by atoms with Crippen molar-refractivity contribution in [3.63, 3.8) is 0 Å². The molecule has 0 aliphatic carbocycles. The van der Waals surface area contributed by atoms with Crippen molar-refractivity contribution in [2.24, 2.45) is 0 Å². The van der Waals surface area contributed by atoms with E-state index < -0.39 is 15.9 Å². The first-order chi connectivity index (χ1) is 10.8. The predicted molar refractivity (Wildman–Crippen MR) is 99.9 cm³/mol. The van der Waals surface area contributed by atoms with Gasteiger partial charge >= 0.3 is 0 Å². The van der Waals surface area contributed by atoms with Crippen molar-refractivity contribution in [1.82, 2.24) is 4.72 Å². The maximum Gasteiger partial charge on any atom is 0.239 e. The summed E-state index contributed by atoms with van der Waals surface area (Å²) in [5, 5.41) is 3.16. The number of rotatable bonds is 6. The van der Waals surface area contributed by atoms with Gasteiger partial charge in [0.2, 0.25) is 15.9 Å². The van der Waals surface area contributed by atoms with Gasteiger partial charge in [0.1, 0.15) is 0 Å². The molecule has 1 amide bonds. The van der Waals surface area contributed by atoms with Crippen molar-refractivity contribution in [2.75, 3.05) is 11.9 Å². The first kappa shape index (κ1) is 18.2. The summed E-state index contributed by atoms with van der Waals surface area (Å²) in [6.07, 6.45) is 0. The highest BCUT2D eigenvalue weighted by molar-refractivity contribution is 14.1. The number of halogens is 2. The Balaban J connectivity index is 1.87. The van der Waals surface area contributed by atoms with Gasteiger partial charge in [0.05, 0.1) is 12.3 Å². The highest BCUT2D eigenvalue weighted by atomic mass is 127. The number of hydrogen-bond acceptors (Lipinski definition) is 3. The molecule has 0 bridgehead atoms. The number of sulfonamides is 1. The topological polar surface area (TPSA) is 75.3 Å². The molecule has 23 heavy (non-hydrogen) atoms. The normalized spacial score (nSPS) is 11.2. The van der Waals surface area contributed by atoms with Crippen LogP contribution >= 0.6 is 34.2 Å². The minimum atomic E-state index is -3.60. The quantitative estimate of drug-likeness (QED) is 0.646. The maximum atomic E-state index is 12.0. The first-order valence-electron chi connectivity index (χ1n) is 6.61. The third-order valence-electron chi connectivity index (χ3n) is 2.85. The average molecular weight is 465 g/mol. The molecule has 0 saturated carbocycles. The number of benzene rings is 2. The summed E-state index contributed by atoms with van der Waals surface area (Å²) in [7, 11) is -3.60. The van der Waals surface area contributed by atoms with Crippen LogP contribution in [0.3, 0.4) is 0 Å². The van der Waals surface area contributed by atoms with E-state index in [1.165, 1.54) is 0 Å². The Labute approximate surface area is 153 Å². The first-order valence-corrected chi connectivity index (χ1v) is 9.72. The average Bonchev–Trinajstić information content (AvgIpc) is 2.50. The molecular weight excluding hydrogens is 451 g/mol. The molecule has 5 nitrogen and oxygen atoms in total. The molecule has 0 aliphatic heterocycles. The van der Waals surface area contributed by atoms with Crippen LogP contribution in [0.1, 0.15) is 5.56 Å². The van der Waals surface area contributed by atoms with Crippen molar-refractivity contribution in [2.45, 2.75) is 5.75 Å². The lowest BCUT2D eigenvalue weighted by molar-refractivity contribution is -0.115. The molecule has 0 unspecified atom stereocenters. The molecule has 0 aromatic heterocycles. The van der Waals surface area contributed by atoms with Crippen LogP contribution in [-0.2, 0) is 20.6 Å². The van der Waals surface area contributed by atoms with E-state index in [1.807, 2.05) is 12.1 Å². The zero-order chi connectivity index (χ0) is 16.9. The Kier molecular flexibility index (Phi) is 6.40. The van der Waals surface area contributed by atoms with Gasteiger partial charge in [0.15, 0.2) is 0 Å². The van der Waals surface area contributed by atoms with E-state index >= 15 is 0 Å². The van der Waals surface area contributed by atoms with Gasteiger partial charge in [-0.15, -0.1) is 0 Å². The lowest BCUT2D eigenvalue weighted by atomic mass is 10.2. The summed E-state index contributed by atoms with van der Waals surface area (Å²) in [6.45, 7) is -0.318. The zero-order valence-electron chi connectivity index (χ0n) is 11.9. The molecule has 0 saturated heterocycles. The largest absolute Gasteiger partial charge is 0.325 e. The molecule has 2 aromatic rings. The van der Waals surface area contributed by atoms with E-state index in [2.05, 4.69) is 32.6 Å². The summed E-state index contributed by atoms with van der Waals surface area (Å²) < 4.78 is 27.2. The second kappa shape index (κ2) is 8.09. The Morgan fingerprint density at radius 1 is 1.04 bits per heavy atom. The van der Waals surface area contributed by atoms with Crippen molar-refractivity contribution in [3.8, 4) is 0 Å². The Hall–Kier alpha value is -1.16. The summed E-state index contributed by atoms with van der Waals surface area (Å²) in [5.74, 6) is -0.632. The highest BCUT2D eigenvalue weighted by Crippen LogP contribution is 2.12. The minimum Gasteiger partial charge on any atom is -0.325 e.